The minimum absolute atomic E-state index is 0.240. The highest BCUT2D eigenvalue weighted by Crippen LogP contribution is 2.34. The van der Waals surface area contributed by atoms with Crippen LogP contribution in [0.4, 0.5) is 11.4 Å². The summed E-state index contributed by atoms with van der Waals surface area (Å²) < 4.78 is 27.4. The predicted molar refractivity (Wildman–Crippen MR) is 99.0 cm³/mol. The highest BCUT2D eigenvalue weighted by Gasteiger charge is 2.37. The lowest BCUT2D eigenvalue weighted by molar-refractivity contribution is -0.387. The molecule has 0 N–H and O–H groups in total. The molecular formula is C17H17ClN2O5S. The molecule has 2 rings (SSSR count). The summed E-state index contributed by atoms with van der Waals surface area (Å²) in [6, 6.07) is 8.71. The number of benzene rings is 2. The van der Waals surface area contributed by atoms with Gasteiger partial charge in [-0.05, 0) is 55.6 Å². The maximum Gasteiger partial charge on any atom is 0.289 e. The molecule has 0 fully saturated rings. The fourth-order valence-corrected chi connectivity index (χ4v) is 4.54. The number of nitro groups is 1. The molecule has 0 heterocycles. The first-order chi connectivity index (χ1) is 12.1. The van der Waals surface area contributed by atoms with Crippen molar-refractivity contribution >= 4 is 38.2 Å². The Morgan fingerprint density at radius 3 is 2.35 bits per heavy atom. The standard InChI is InChI=1S/C17H17ClN2O5S/c1-11-7-6-9-14(12(11)2)19(13(3)17(18)21)26(24,25)16-10-5-4-8-15(16)20(22)23/h4-10,13H,1-3H3. The van der Waals surface area contributed by atoms with Gasteiger partial charge in [0.25, 0.3) is 15.7 Å². The summed E-state index contributed by atoms with van der Waals surface area (Å²) in [7, 11) is -4.43. The van der Waals surface area contributed by atoms with Crippen molar-refractivity contribution in [2.45, 2.75) is 31.7 Å². The molecule has 0 aliphatic carbocycles. The molecule has 0 radical (unpaired) electrons. The van der Waals surface area contributed by atoms with Crippen LogP contribution in [0, 0.1) is 24.0 Å². The number of carbonyl (C=O) groups is 1. The number of sulfonamides is 1. The summed E-state index contributed by atoms with van der Waals surface area (Å²) in [5.41, 5.74) is 1.10. The molecule has 0 saturated heterocycles. The second-order valence-corrected chi connectivity index (χ2v) is 7.88. The maximum atomic E-state index is 13.3. The van der Waals surface area contributed by atoms with Crippen LogP contribution >= 0.6 is 11.6 Å². The molecule has 1 atom stereocenters. The molecule has 0 bridgehead atoms. The van der Waals surface area contributed by atoms with Gasteiger partial charge in [-0.15, -0.1) is 0 Å². The van der Waals surface area contributed by atoms with E-state index in [0.29, 0.717) is 5.56 Å². The van der Waals surface area contributed by atoms with Gasteiger partial charge in [0, 0.05) is 6.07 Å². The van der Waals surface area contributed by atoms with Crippen LogP contribution in [0.25, 0.3) is 0 Å². The molecule has 0 spiro atoms. The number of rotatable bonds is 6. The topological polar surface area (TPSA) is 97.6 Å². The highest BCUT2D eigenvalue weighted by atomic mass is 35.5. The molecule has 2 aromatic rings. The normalized spacial score (nSPS) is 12.5. The quantitative estimate of drug-likeness (QED) is 0.422. The Morgan fingerprint density at radius 2 is 1.77 bits per heavy atom. The third-order valence-corrected chi connectivity index (χ3v) is 6.34. The van der Waals surface area contributed by atoms with E-state index < -0.39 is 36.8 Å². The number of hydrogen-bond donors (Lipinski definition) is 0. The first kappa shape index (κ1) is 19.9. The zero-order valence-electron chi connectivity index (χ0n) is 14.3. The lowest BCUT2D eigenvalue weighted by atomic mass is 10.1. The molecule has 0 aliphatic heterocycles. The summed E-state index contributed by atoms with van der Waals surface area (Å²) in [4.78, 5) is 21.8. The molecule has 2 aromatic carbocycles. The van der Waals surface area contributed by atoms with Crippen molar-refractivity contribution in [3.63, 3.8) is 0 Å². The van der Waals surface area contributed by atoms with Crippen LogP contribution in [0.2, 0.25) is 0 Å². The third-order valence-electron chi connectivity index (χ3n) is 4.09. The molecule has 0 aliphatic rings. The van der Waals surface area contributed by atoms with Crippen molar-refractivity contribution in [2.75, 3.05) is 4.31 Å². The van der Waals surface area contributed by atoms with Crippen molar-refractivity contribution in [2.24, 2.45) is 0 Å². The number of nitro benzene ring substituents is 1. The largest absolute Gasteiger partial charge is 0.289 e. The second kappa shape index (κ2) is 7.43. The first-order valence-electron chi connectivity index (χ1n) is 7.62. The second-order valence-electron chi connectivity index (χ2n) is 5.72. The molecule has 0 aromatic heterocycles. The molecule has 9 heteroatoms. The third kappa shape index (κ3) is 3.56. The highest BCUT2D eigenvalue weighted by molar-refractivity contribution is 7.93. The van der Waals surface area contributed by atoms with Crippen LogP contribution in [-0.4, -0.2) is 24.6 Å². The van der Waals surface area contributed by atoms with Gasteiger partial charge in [0.15, 0.2) is 4.90 Å². The summed E-state index contributed by atoms with van der Waals surface area (Å²) in [5, 5.41) is 10.4. The van der Waals surface area contributed by atoms with Crippen molar-refractivity contribution in [3.05, 3.63) is 63.7 Å². The Bertz CT molecular complexity index is 975. The molecular weight excluding hydrogens is 380 g/mol. The number of carbonyl (C=O) groups excluding carboxylic acids is 1. The van der Waals surface area contributed by atoms with Crippen molar-refractivity contribution in [1.29, 1.82) is 0 Å². The maximum absolute atomic E-state index is 13.3. The number of nitrogens with zero attached hydrogens (tertiary/aromatic N) is 2. The molecule has 1 unspecified atom stereocenters. The van der Waals surface area contributed by atoms with E-state index in [1.165, 1.54) is 25.1 Å². The van der Waals surface area contributed by atoms with Crippen LogP contribution < -0.4 is 4.31 Å². The van der Waals surface area contributed by atoms with Crippen molar-refractivity contribution in [3.8, 4) is 0 Å². The fraction of sp³-hybridized carbons (Fsp3) is 0.235. The zero-order chi connectivity index (χ0) is 19.6. The molecule has 0 amide bonds. The van der Waals surface area contributed by atoms with Gasteiger partial charge in [0.1, 0.15) is 6.04 Å². The van der Waals surface area contributed by atoms with E-state index in [-0.39, 0.29) is 5.69 Å². The minimum atomic E-state index is -4.43. The smallest absolute Gasteiger partial charge is 0.279 e. The van der Waals surface area contributed by atoms with E-state index in [2.05, 4.69) is 0 Å². The average molecular weight is 397 g/mol. The molecule has 138 valence electrons. The summed E-state index contributed by atoms with van der Waals surface area (Å²) >= 11 is 5.58. The van der Waals surface area contributed by atoms with Gasteiger partial charge in [-0.25, -0.2) is 8.42 Å². The number of halogens is 1. The van der Waals surface area contributed by atoms with E-state index in [0.717, 1.165) is 22.0 Å². The monoisotopic (exact) mass is 396 g/mol. The predicted octanol–water partition coefficient (Wildman–Crippen LogP) is 3.56. The summed E-state index contributed by atoms with van der Waals surface area (Å²) in [6.07, 6.45) is 0. The molecule has 7 nitrogen and oxygen atoms in total. The van der Waals surface area contributed by atoms with E-state index in [4.69, 9.17) is 11.6 Å². The van der Waals surface area contributed by atoms with Crippen LogP contribution in [-0.2, 0) is 14.8 Å². The van der Waals surface area contributed by atoms with Crippen LogP contribution in [0.15, 0.2) is 47.4 Å². The van der Waals surface area contributed by atoms with E-state index in [9.17, 15) is 23.3 Å². The number of para-hydroxylation sites is 1. The van der Waals surface area contributed by atoms with E-state index in [1.807, 2.05) is 0 Å². The van der Waals surface area contributed by atoms with Gasteiger partial charge in [0.05, 0.1) is 10.6 Å². The zero-order valence-corrected chi connectivity index (χ0v) is 15.9. The van der Waals surface area contributed by atoms with Gasteiger partial charge in [-0.2, -0.15) is 0 Å². The summed E-state index contributed by atoms with van der Waals surface area (Å²) in [5.74, 6) is 0. The molecule has 0 saturated carbocycles. The van der Waals surface area contributed by atoms with Crippen LogP contribution in [0.5, 0.6) is 0 Å². The Hall–Kier alpha value is -2.45. The SMILES string of the molecule is Cc1cccc(N(C(C)C(=O)Cl)S(=O)(=O)c2ccccc2[N+](=O)[O-])c1C. The minimum Gasteiger partial charge on any atom is -0.279 e. The summed E-state index contributed by atoms with van der Waals surface area (Å²) in [6.45, 7) is 4.84. The number of anilines is 1. The number of hydrogen-bond acceptors (Lipinski definition) is 5. The Balaban J connectivity index is 2.80. The molecule has 26 heavy (non-hydrogen) atoms. The fourth-order valence-electron chi connectivity index (χ4n) is 2.54. The van der Waals surface area contributed by atoms with Gasteiger partial charge < -0.3 is 0 Å². The Labute approximate surface area is 156 Å². The van der Waals surface area contributed by atoms with Gasteiger partial charge in [-0.3, -0.25) is 19.2 Å². The van der Waals surface area contributed by atoms with Crippen molar-refractivity contribution in [1.82, 2.24) is 0 Å². The number of aryl methyl sites for hydroxylation is 1. The lowest BCUT2D eigenvalue weighted by Gasteiger charge is -2.30. The van der Waals surface area contributed by atoms with Gasteiger partial charge in [0.2, 0.25) is 5.24 Å². The van der Waals surface area contributed by atoms with Crippen LogP contribution in [0.3, 0.4) is 0 Å². The average Bonchev–Trinajstić information content (AvgIpc) is 2.58. The lowest BCUT2D eigenvalue weighted by Crippen LogP contribution is -2.42. The Kier molecular flexibility index (Phi) is 5.68. The van der Waals surface area contributed by atoms with Crippen LogP contribution in [0.1, 0.15) is 18.1 Å². The van der Waals surface area contributed by atoms with E-state index >= 15 is 0 Å². The van der Waals surface area contributed by atoms with E-state index in [1.54, 1.807) is 26.0 Å². The first-order valence-corrected chi connectivity index (χ1v) is 9.44. The van der Waals surface area contributed by atoms with Gasteiger partial charge in [-0.1, -0.05) is 24.3 Å². The Morgan fingerprint density at radius 1 is 1.15 bits per heavy atom. The van der Waals surface area contributed by atoms with Crippen molar-refractivity contribution < 1.29 is 18.1 Å². The van der Waals surface area contributed by atoms with Gasteiger partial charge >= 0.3 is 0 Å².